The van der Waals surface area contributed by atoms with Crippen LogP contribution in [0.4, 0.5) is 5.69 Å². The van der Waals surface area contributed by atoms with Crippen LogP contribution >= 0.6 is 0 Å². The van der Waals surface area contributed by atoms with Crippen LogP contribution in [0.1, 0.15) is 46.4 Å². The number of aromatic carboxylic acids is 1. The molecule has 0 spiro atoms. The number of amides is 1. The molecule has 2 heterocycles. The lowest BCUT2D eigenvalue weighted by Gasteiger charge is -2.22. The Morgan fingerprint density at radius 2 is 1.60 bits per heavy atom. The van der Waals surface area contributed by atoms with Gasteiger partial charge in [0.05, 0.1) is 16.8 Å². The Bertz CT molecular complexity index is 781. The summed E-state index contributed by atoms with van der Waals surface area (Å²) >= 11 is 0. The zero-order valence-electron chi connectivity index (χ0n) is 13.8. The number of anilines is 1. The van der Waals surface area contributed by atoms with Crippen molar-refractivity contribution in [3.05, 3.63) is 29.3 Å². The number of hydrogen-bond donors (Lipinski definition) is 2. The maximum Gasteiger partial charge on any atom is 0.335 e. The first-order chi connectivity index (χ1) is 11.9. The van der Waals surface area contributed by atoms with E-state index in [9.17, 15) is 23.1 Å². The van der Waals surface area contributed by atoms with E-state index in [2.05, 4.69) is 4.72 Å². The minimum Gasteiger partial charge on any atom is -0.478 e. The lowest BCUT2D eigenvalue weighted by molar-refractivity contribution is 0.0696. The van der Waals surface area contributed by atoms with E-state index in [0.29, 0.717) is 31.9 Å². The van der Waals surface area contributed by atoms with Crippen LogP contribution in [-0.2, 0) is 10.2 Å². The van der Waals surface area contributed by atoms with Crippen LogP contribution in [0.3, 0.4) is 0 Å². The Balaban J connectivity index is 1.89. The molecule has 9 heteroatoms. The molecule has 0 aromatic heterocycles. The normalized spacial score (nSPS) is 18.5. The zero-order chi connectivity index (χ0) is 18.0. The van der Waals surface area contributed by atoms with Gasteiger partial charge in [-0.05, 0) is 43.9 Å². The van der Waals surface area contributed by atoms with Crippen molar-refractivity contribution in [1.29, 1.82) is 0 Å². The van der Waals surface area contributed by atoms with Gasteiger partial charge in [-0.1, -0.05) is 0 Å². The average Bonchev–Trinajstić information content (AvgIpc) is 3.27. The van der Waals surface area contributed by atoms with E-state index in [-0.39, 0.29) is 11.1 Å². The van der Waals surface area contributed by atoms with Crippen molar-refractivity contribution in [2.75, 3.05) is 31.1 Å². The molecule has 8 nitrogen and oxygen atoms in total. The lowest BCUT2D eigenvalue weighted by atomic mass is 10.1. The van der Waals surface area contributed by atoms with E-state index >= 15 is 0 Å². The fourth-order valence-corrected chi connectivity index (χ4v) is 4.45. The maximum atomic E-state index is 12.6. The third-order valence-corrected chi connectivity index (χ3v) is 6.05. The summed E-state index contributed by atoms with van der Waals surface area (Å²) in [5.74, 6) is -1.82. The second-order valence-electron chi connectivity index (χ2n) is 6.27. The third-order valence-electron chi connectivity index (χ3n) is 4.56. The van der Waals surface area contributed by atoms with Gasteiger partial charge in [0.25, 0.3) is 5.91 Å². The summed E-state index contributed by atoms with van der Waals surface area (Å²) in [5.41, 5.74) is 0.710. The number of nitrogens with one attached hydrogen (secondary N) is 1. The molecule has 136 valence electrons. The Labute approximate surface area is 146 Å². The number of carbonyl (C=O) groups is 2. The average molecular weight is 367 g/mol. The molecule has 2 aliphatic heterocycles. The van der Waals surface area contributed by atoms with Gasteiger partial charge in [-0.25, -0.2) is 9.52 Å². The van der Waals surface area contributed by atoms with E-state index in [1.807, 2.05) is 4.90 Å². The highest BCUT2D eigenvalue weighted by atomic mass is 32.2. The summed E-state index contributed by atoms with van der Waals surface area (Å²) in [4.78, 5) is 25.7. The van der Waals surface area contributed by atoms with Crippen molar-refractivity contribution in [3.8, 4) is 0 Å². The molecule has 25 heavy (non-hydrogen) atoms. The molecule has 0 saturated carbocycles. The Morgan fingerprint density at radius 1 is 1.00 bits per heavy atom. The fraction of sp³-hybridized carbons (Fsp3) is 0.500. The molecule has 2 saturated heterocycles. The van der Waals surface area contributed by atoms with Crippen molar-refractivity contribution >= 4 is 27.8 Å². The number of carbonyl (C=O) groups excluding carboxylic acids is 1. The number of benzene rings is 1. The van der Waals surface area contributed by atoms with E-state index in [0.717, 1.165) is 25.7 Å². The van der Waals surface area contributed by atoms with Crippen LogP contribution in [0.5, 0.6) is 0 Å². The third kappa shape index (κ3) is 3.77. The van der Waals surface area contributed by atoms with Crippen molar-refractivity contribution in [2.45, 2.75) is 25.7 Å². The molecule has 2 N–H and O–H groups in total. The molecule has 0 radical (unpaired) electrons. The molecule has 3 rings (SSSR count). The molecular weight excluding hydrogens is 346 g/mol. The Morgan fingerprint density at radius 3 is 2.20 bits per heavy atom. The molecule has 1 aromatic carbocycles. The van der Waals surface area contributed by atoms with Gasteiger partial charge in [0.2, 0.25) is 0 Å². The van der Waals surface area contributed by atoms with Crippen LogP contribution in [0, 0.1) is 0 Å². The van der Waals surface area contributed by atoms with Gasteiger partial charge in [0, 0.05) is 26.2 Å². The first-order valence-corrected chi connectivity index (χ1v) is 9.77. The molecule has 2 fully saturated rings. The van der Waals surface area contributed by atoms with Crippen LogP contribution < -0.4 is 9.62 Å². The first-order valence-electron chi connectivity index (χ1n) is 8.33. The van der Waals surface area contributed by atoms with Gasteiger partial charge < -0.3 is 10.0 Å². The summed E-state index contributed by atoms with van der Waals surface area (Å²) < 4.78 is 28.0. The minimum atomic E-state index is -3.88. The fourth-order valence-electron chi connectivity index (χ4n) is 3.24. The highest BCUT2D eigenvalue weighted by Gasteiger charge is 2.29. The predicted molar refractivity (Wildman–Crippen MR) is 92.0 cm³/mol. The highest BCUT2D eigenvalue weighted by molar-refractivity contribution is 7.87. The van der Waals surface area contributed by atoms with E-state index in [1.54, 1.807) is 0 Å². The first kappa shape index (κ1) is 17.7. The summed E-state index contributed by atoms with van der Waals surface area (Å²) in [6.45, 7) is 2.23. The highest BCUT2D eigenvalue weighted by Crippen LogP contribution is 2.26. The molecule has 0 atom stereocenters. The molecule has 2 aliphatic rings. The van der Waals surface area contributed by atoms with Gasteiger partial charge in [-0.2, -0.15) is 12.7 Å². The minimum absolute atomic E-state index is 0.0702. The van der Waals surface area contributed by atoms with Gasteiger partial charge >= 0.3 is 16.2 Å². The molecular formula is C16H21N3O5S. The summed E-state index contributed by atoms with van der Waals surface area (Å²) in [7, 11) is -3.88. The smallest absolute Gasteiger partial charge is 0.335 e. The van der Waals surface area contributed by atoms with Crippen molar-refractivity contribution in [1.82, 2.24) is 9.03 Å². The molecule has 1 amide bonds. The number of nitrogens with zero attached hydrogens (tertiary/aromatic N) is 2. The second-order valence-corrected chi connectivity index (χ2v) is 7.94. The zero-order valence-corrected chi connectivity index (χ0v) is 14.6. The number of hydrogen-bond acceptors (Lipinski definition) is 5. The SMILES string of the molecule is O=C(O)c1ccc(C(=O)NS(=O)(=O)N2CCCC2)c(N2CCCC2)c1. The largest absolute Gasteiger partial charge is 0.478 e. The van der Waals surface area contributed by atoms with Crippen LogP contribution in [0.15, 0.2) is 18.2 Å². The van der Waals surface area contributed by atoms with E-state index < -0.39 is 22.1 Å². The summed E-state index contributed by atoms with van der Waals surface area (Å²) in [6, 6.07) is 4.14. The number of rotatable bonds is 5. The molecule has 0 bridgehead atoms. The van der Waals surface area contributed by atoms with Crippen molar-refractivity contribution in [3.63, 3.8) is 0 Å². The van der Waals surface area contributed by atoms with E-state index in [1.165, 1.54) is 22.5 Å². The lowest BCUT2D eigenvalue weighted by Crippen LogP contribution is -2.42. The maximum absolute atomic E-state index is 12.6. The predicted octanol–water partition coefficient (Wildman–Crippen LogP) is 1.06. The van der Waals surface area contributed by atoms with Crippen LogP contribution in [-0.4, -0.2) is 55.9 Å². The second kappa shape index (κ2) is 7.01. The van der Waals surface area contributed by atoms with Gasteiger partial charge in [-0.3, -0.25) is 4.79 Å². The van der Waals surface area contributed by atoms with Crippen molar-refractivity contribution < 1.29 is 23.1 Å². The van der Waals surface area contributed by atoms with Gasteiger partial charge in [-0.15, -0.1) is 0 Å². The number of carboxylic acid groups (broad SMARTS) is 1. The standard InChI is InChI=1S/C16H21N3O5S/c20-15(17-25(23,24)19-9-3-4-10-19)13-6-5-12(16(21)22)11-14(13)18-7-1-2-8-18/h5-6,11H,1-4,7-10H2,(H,17,20)(H,21,22). The van der Waals surface area contributed by atoms with Crippen LogP contribution in [0.2, 0.25) is 0 Å². The van der Waals surface area contributed by atoms with Gasteiger partial charge in [0.1, 0.15) is 0 Å². The molecule has 0 unspecified atom stereocenters. The number of carboxylic acids is 1. The van der Waals surface area contributed by atoms with Crippen LogP contribution in [0.25, 0.3) is 0 Å². The Hall–Kier alpha value is -2.13. The molecule has 1 aromatic rings. The monoisotopic (exact) mass is 367 g/mol. The van der Waals surface area contributed by atoms with E-state index in [4.69, 9.17) is 0 Å². The summed E-state index contributed by atoms with van der Waals surface area (Å²) in [6.07, 6.45) is 3.46. The quantitative estimate of drug-likeness (QED) is 0.806. The summed E-state index contributed by atoms with van der Waals surface area (Å²) in [5, 5.41) is 9.19. The topological polar surface area (TPSA) is 107 Å². The van der Waals surface area contributed by atoms with Crippen molar-refractivity contribution in [2.24, 2.45) is 0 Å². The molecule has 0 aliphatic carbocycles. The van der Waals surface area contributed by atoms with Gasteiger partial charge in [0.15, 0.2) is 0 Å². The Kier molecular flexibility index (Phi) is 4.96.